The molecule has 4 heteroatoms. The highest BCUT2D eigenvalue weighted by Gasteiger charge is 2.17. The zero-order chi connectivity index (χ0) is 10.5. The molecule has 80 valence electrons. The van der Waals surface area contributed by atoms with Gasteiger partial charge in [0.05, 0.1) is 6.10 Å². The molecule has 0 bridgehead atoms. The number of ether oxygens (including phenoxy) is 1. The minimum absolute atomic E-state index is 0.433. The van der Waals surface area contributed by atoms with Crippen LogP contribution in [0.5, 0.6) is 0 Å². The van der Waals surface area contributed by atoms with Gasteiger partial charge in [-0.3, -0.25) is 4.79 Å². The molecule has 1 unspecified atom stereocenters. The van der Waals surface area contributed by atoms with E-state index >= 15 is 0 Å². The number of benzene rings is 1. The van der Waals surface area contributed by atoms with Crippen molar-refractivity contribution in [3.8, 4) is 0 Å². The van der Waals surface area contributed by atoms with Gasteiger partial charge in [0, 0.05) is 22.9 Å². The van der Waals surface area contributed by atoms with Crippen molar-refractivity contribution in [2.75, 3.05) is 17.7 Å². The summed E-state index contributed by atoms with van der Waals surface area (Å²) in [4.78, 5) is 11.4. The zero-order valence-electron chi connectivity index (χ0n) is 8.31. The van der Waals surface area contributed by atoms with E-state index in [0.717, 1.165) is 18.0 Å². The molecule has 1 aliphatic rings. The second kappa shape index (κ2) is 5.19. The number of thioether (sulfide) groups is 1. The number of rotatable bonds is 5. The van der Waals surface area contributed by atoms with Gasteiger partial charge in [-0.15, -0.1) is 11.8 Å². The monoisotopic (exact) mass is 223 g/mol. The quantitative estimate of drug-likeness (QED) is 0.614. The van der Waals surface area contributed by atoms with E-state index in [1.54, 1.807) is 11.8 Å². The molecule has 1 fully saturated rings. The molecule has 1 aliphatic heterocycles. The van der Waals surface area contributed by atoms with Gasteiger partial charge in [0.1, 0.15) is 0 Å². The van der Waals surface area contributed by atoms with E-state index in [-0.39, 0.29) is 0 Å². The Morgan fingerprint density at radius 2 is 2.20 bits per heavy atom. The van der Waals surface area contributed by atoms with E-state index in [0.29, 0.717) is 12.5 Å². The van der Waals surface area contributed by atoms with Gasteiger partial charge in [-0.2, -0.15) is 0 Å². The van der Waals surface area contributed by atoms with Crippen molar-refractivity contribution in [2.45, 2.75) is 17.4 Å². The third kappa shape index (κ3) is 2.97. The summed E-state index contributed by atoms with van der Waals surface area (Å²) in [7, 11) is 0. The molecule has 1 heterocycles. The molecule has 2 rings (SSSR count). The lowest BCUT2D eigenvalue weighted by atomic mass is 10.2. The molecule has 0 radical (unpaired) electrons. The molecule has 1 aromatic rings. The van der Waals surface area contributed by atoms with Crippen molar-refractivity contribution >= 4 is 23.9 Å². The second-order valence-electron chi connectivity index (χ2n) is 3.38. The molecule has 1 N–H and O–H groups in total. The number of nitrogens with one attached hydrogen (secondary N) is 1. The Balaban J connectivity index is 1.83. The van der Waals surface area contributed by atoms with Gasteiger partial charge in [-0.25, -0.2) is 0 Å². The van der Waals surface area contributed by atoms with Crippen molar-refractivity contribution in [2.24, 2.45) is 0 Å². The van der Waals surface area contributed by atoms with E-state index in [4.69, 9.17) is 4.74 Å². The molecule has 0 aromatic heterocycles. The fraction of sp³-hybridized carbons (Fsp3) is 0.364. The van der Waals surface area contributed by atoms with Gasteiger partial charge in [0.15, 0.2) is 0 Å². The fourth-order valence-corrected chi connectivity index (χ4v) is 2.29. The minimum atomic E-state index is 0.433. The number of anilines is 1. The third-order valence-electron chi connectivity index (χ3n) is 2.31. The summed E-state index contributed by atoms with van der Waals surface area (Å²) in [5.41, 5.74) is 0.828. The van der Waals surface area contributed by atoms with Crippen molar-refractivity contribution < 1.29 is 9.53 Å². The van der Waals surface area contributed by atoms with Crippen LogP contribution in [-0.2, 0) is 9.53 Å². The summed E-state index contributed by atoms with van der Waals surface area (Å²) in [6.45, 7) is 0.910. The molecule has 1 saturated heterocycles. The van der Waals surface area contributed by atoms with E-state index < -0.39 is 0 Å². The molecule has 0 aliphatic carbocycles. The van der Waals surface area contributed by atoms with Crippen molar-refractivity contribution in [1.82, 2.24) is 0 Å². The van der Waals surface area contributed by atoms with Crippen LogP contribution >= 0.6 is 11.8 Å². The first-order valence-corrected chi connectivity index (χ1v) is 5.92. The lowest BCUT2D eigenvalue weighted by Gasteiger charge is -2.25. The average molecular weight is 223 g/mol. The second-order valence-corrected chi connectivity index (χ2v) is 4.47. The van der Waals surface area contributed by atoms with Gasteiger partial charge in [0.25, 0.3) is 0 Å². The molecular weight excluding hydrogens is 210 g/mol. The van der Waals surface area contributed by atoms with E-state index in [2.05, 4.69) is 5.32 Å². The van der Waals surface area contributed by atoms with Crippen molar-refractivity contribution in [3.63, 3.8) is 0 Å². The fourth-order valence-electron chi connectivity index (χ4n) is 1.32. The Hall–Kier alpha value is -1.00. The first-order valence-electron chi connectivity index (χ1n) is 4.93. The van der Waals surface area contributed by atoms with Crippen LogP contribution in [0.1, 0.15) is 6.42 Å². The maximum atomic E-state index is 10.2. The topological polar surface area (TPSA) is 38.3 Å². The van der Waals surface area contributed by atoms with Crippen LogP contribution < -0.4 is 5.32 Å². The third-order valence-corrected chi connectivity index (χ3v) is 3.45. The highest BCUT2D eigenvalue weighted by Crippen LogP contribution is 2.24. The van der Waals surface area contributed by atoms with Crippen LogP contribution in [0.25, 0.3) is 0 Å². The molecule has 3 nitrogen and oxygen atoms in total. The first kappa shape index (κ1) is 10.5. The smallest absolute Gasteiger partial charge is 0.211 e. The van der Waals surface area contributed by atoms with Crippen LogP contribution in [0.4, 0.5) is 5.69 Å². The molecule has 15 heavy (non-hydrogen) atoms. The molecule has 1 aromatic carbocycles. The van der Waals surface area contributed by atoms with Gasteiger partial charge in [0.2, 0.25) is 6.41 Å². The summed E-state index contributed by atoms with van der Waals surface area (Å²) < 4.78 is 5.34. The SMILES string of the molecule is O=CNc1ccc(SCC2CCO2)cc1. The average Bonchev–Trinajstić information content (AvgIpc) is 2.19. The largest absolute Gasteiger partial charge is 0.377 e. The molecule has 0 spiro atoms. The number of carbonyl (C=O) groups excluding carboxylic acids is 1. The van der Waals surface area contributed by atoms with E-state index in [9.17, 15) is 4.79 Å². The maximum Gasteiger partial charge on any atom is 0.211 e. The van der Waals surface area contributed by atoms with Crippen LogP contribution in [-0.4, -0.2) is 24.9 Å². The first-order chi connectivity index (χ1) is 7.38. The molecule has 1 amide bonds. The number of hydrogen-bond acceptors (Lipinski definition) is 3. The highest BCUT2D eigenvalue weighted by molar-refractivity contribution is 7.99. The summed E-state index contributed by atoms with van der Waals surface area (Å²) in [5, 5.41) is 2.61. The molecular formula is C11H13NO2S. The van der Waals surface area contributed by atoms with Crippen molar-refractivity contribution in [1.29, 1.82) is 0 Å². The van der Waals surface area contributed by atoms with Gasteiger partial charge >= 0.3 is 0 Å². The Morgan fingerprint density at radius 1 is 1.47 bits per heavy atom. The number of carbonyl (C=O) groups is 1. The Bertz CT molecular complexity index is 322. The van der Waals surface area contributed by atoms with Crippen molar-refractivity contribution in [3.05, 3.63) is 24.3 Å². The predicted molar refractivity (Wildman–Crippen MR) is 61.2 cm³/mol. The normalized spacial score (nSPS) is 19.3. The van der Waals surface area contributed by atoms with E-state index in [1.165, 1.54) is 11.3 Å². The maximum absolute atomic E-state index is 10.2. The predicted octanol–water partition coefficient (Wildman–Crippen LogP) is 2.14. The lowest BCUT2D eigenvalue weighted by Crippen LogP contribution is -2.28. The number of hydrogen-bond donors (Lipinski definition) is 1. The summed E-state index contributed by atoms with van der Waals surface area (Å²) in [6.07, 6.45) is 2.30. The highest BCUT2D eigenvalue weighted by atomic mass is 32.2. The summed E-state index contributed by atoms with van der Waals surface area (Å²) >= 11 is 1.79. The molecule has 1 atom stereocenters. The zero-order valence-corrected chi connectivity index (χ0v) is 9.13. The van der Waals surface area contributed by atoms with Crippen LogP contribution in [0.2, 0.25) is 0 Å². The van der Waals surface area contributed by atoms with Crippen LogP contribution in [0.15, 0.2) is 29.2 Å². The van der Waals surface area contributed by atoms with Gasteiger partial charge in [-0.1, -0.05) is 0 Å². The summed E-state index contributed by atoms with van der Waals surface area (Å²) in [6, 6.07) is 7.82. The van der Waals surface area contributed by atoms with E-state index in [1.807, 2.05) is 24.3 Å². The van der Waals surface area contributed by atoms with Crippen LogP contribution in [0, 0.1) is 0 Å². The van der Waals surface area contributed by atoms with Crippen LogP contribution in [0.3, 0.4) is 0 Å². The Kier molecular flexibility index (Phi) is 3.64. The number of amides is 1. The Labute approximate surface area is 93.2 Å². The lowest BCUT2D eigenvalue weighted by molar-refractivity contribution is -0.105. The summed E-state index contributed by atoms with van der Waals surface area (Å²) in [5.74, 6) is 1.01. The standard InChI is InChI=1S/C11H13NO2S/c13-8-12-9-1-3-11(4-2-9)15-7-10-5-6-14-10/h1-4,8,10H,5-7H2,(H,12,13). The Morgan fingerprint density at radius 3 is 2.73 bits per heavy atom. The van der Waals surface area contributed by atoms with Gasteiger partial charge < -0.3 is 10.1 Å². The minimum Gasteiger partial charge on any atom is -0.377 e. The molecule has 0 saturated carbocycles. The van der Waals surface area contributed by atoms with Gasteiger partial charge in [-0.05, 0) is 30.7 Å².